The molecule has 21 heavy (non-hydrogen) atoms. The number of nitrogens with zero attached hydrogens (tertiary/aromatic N) is 3. The lowest BCUT2D eigenvalue weighted by atomic mass is 10.3. The molecule has 108 valence electrons. The summed E-state index contributed by atoms with van der Waals surface area (Å²) in [5.41, 5.74) is 0.803. The zero-order chi connectivity index (χ0) is 14.8. The first-order chi connectivity index (χ1) is 10.2. The van der Waals surface area contributed by atoms with Crippen LogP contribution in [0.5, 0.6) is 0 Å². The van der Waals surface area contributed by atoms with E-state index in [2.05, 4.69) is 30.8 Å². The van der Waals surface area contributed by atoms with Crippen molar-refractivity contribution < 1.29 is 4.39 Å². The number of fused-ring (bicyclic) bond motifs is 1. The highest BCUT2D eigenvalue weighted by Crippen LogP contribution is 2.28. The third-order valence-electron chi connectivity index (χ3n) is 2.85. The third kappa shape index (κ3) is 2.59. The van der Waals surface area contributed by atoms with Crippen molar-refractivity contribution in [2.45, 2.75) is 6.92 Å². The molecule has 1 aromatic carbocycles. The quantitative estimate of drug-likeness (QED) is 0.689. The van der Waals surface area contributed by atoms with Crippen LogP contribution in [0.3, 0.4) is 0 Å². The highest BCUT2D eigenvalue weighted by atomic mass is 35.5. The summed E-state index contributed by atoms with van der Waals surface area (Å²) in [6, 6.07) is 4.73. The zero-order valence-corrected chi connectivity index (χ0v) is 11.9. The lowest BCUT2D eigenvalue weighted by Crippen LogP contribution is -2.05. The number of halogens is 2. The number of anilines is 3. The first-order valence-corrected chi connectivity index (χ1v) is 6.73. The van der Waals surface area contributed by atoms with E-state index < -0.39 is 5.82 Å². The molecule has 0 fully saturated rings. The van der Waals surface area contributed by atoms with Crippen LogP contribution in [-0.2, 0) is 0 Å². The Morgan fingerprint density at radius 1 is 1.33 bits per heavy atom. The van der Waals surface area contributed by atoms with Gasteiger partial charge in [0.15, 0.2) is 11.5 Å². The number of hydrogen-bond acceptors (Lipinski definition) is 5. The molecule has 2 aromatic heterocycles. The van der Waals surface area contributed by atoms with Crippen molar-refractivity contribution in [1.29, 1.82) is 0 Å². The van der Waals surface area contributed by atoms with Gasteiger partial charge in [-0.1, -0.05) is 17.7 Å². The number of rotatable bonds is 4. The Labute approximate surface area is 124 Å². The molecule has 0 aliphatic carbocycles. The first-order valence-electron chi connectivity index (χ1n) is 6.35. The van der Waals surface area contributed by atoms with Crippen molar-refractivity contribution >= 4 is 40.1 Å². The Morgan fingerprint density at radius 2 is 2.19 bits per heavy atom. The average Bonchev–Trinajstić information content (AvgIpc) is 2.93. The summed E-state index contributed by atoms with van der Waals surface area (Å²) in [6.45, 7) is 2.61. The highest BCUT2D eigenvalue weighted by molar-refractivity contribution is 6.31. The maximum atomic E-state index is 14.0. The predicted molar refractivity (Wildman–Crippen MR) is 80.5 cm³/mol. The highest BCUT2D eigenvalue weighted by Gasteiger charge is 2.12. The smallest absolute Gasteiger partial charge is 0.226 e. The largest absolute Gasteiger partial charge is 0.354 e. The molecular formula is C13H12ClFN6. The Balaban J connectivity index is 2.06. The van der Waals surface area contributed by atoms with E-state index in [4.69, 9.17) is 11.6 Å². The van der Waals surface area contributed by atoms with Crippen molar-refractivity contribution in [2.24, 2.45) is 0 Å². The number of aromatic nitrogens is 4. The van der Waals surface area contributed by atoms with Crippen LogP contribution in [0, 0.1) is 5.82 Å². The number of benzene rings is 1. The van der Waals surface area contributed by atoms with Crippen molar-refractivity contribution in [1.82, 2.24) is 20.2 Å². The zero-order valence-electron chi connectivity index (χ0n) is 11.1. The maximum Gasteiger partial charge on any atom is 0.226 e. The molecule has 0 aliphatic heterocycles. The number of H-pyrrole nitrogens is 1. The molecule has 0 bridgehead atoms. The van der Waals surface area contributed by atoms with E-state index in [-0.39, 0.29) is 10.7 Å². The number of aromatic amines is 1. The fourth-order valence-corrected chi connectivity index (χ4v) is 2.07. The molecular weight excluding hydrogens is 295 g/mol. The minimum absolute atomic E-state index is 0.0457. The van der Waals surface area contributed by atoms with Gasteiger partial charge in [-0.2, -0.15) is 15.1 Å². The molecule has 6 nitrogen and oxygen atoms in total. The Morgan fingerprint density at radius 3 is 3.00 bits per heavy atom. The molecule has 0 saturated carbocycles. The SMILES string of the molecule is CCNc1nc(Nc2cccc(Cl)c2F)c2cn[nH]c2n1. The molecule has 8 heteroatoms. The molecule has 0 unspecified atom stereocenters. The molecule has 0 atom stereocenters. The van der Waals surface area contributed by atoms with Crippen LogP contribution in [0.15, 0.2) is 24.4 Å². The Kier molecular flexibility index (Phi) is 3.57. The fourth-order valence-electron chi connectivity index (χ4n) is 1.90. The first kappa shape index (κ1) is 13.6. The van der Waals surface area contributed by atoms with E-state index in [0.717, 1.165) is 0 Å². The van der Waals surface area contributed by atoms with Gasteiger partial charge < -0.3 is 10.6 Å². The number of nitrogens with one attached hydrogen (secondary N) is 3. The van der Waals surface area contributed by atoms with Crippen molar-refractivity contribution in [3.05, 3.63) is 35.2 Å². The second-order valence-electron chi connectivity index (χ2n) is 4.28. The monoisotopic (exact) mass is 306 g/mol. The summed E-state index contributed by atoms with van der Waals surface area (Å²) in [5.74, 6) is 0.351. The average molecular weight is 307 g/mol. The molecule has 0 aliphatic rings. The van der Waals surface area contributed by atoms with Crippen LogP contribution in [0.25, 0.3) is 11.0 Å². The van der Waals surface area contributed by atoms with Gasteiger partial charge in [0, 0.05) is 6.54 Å². The summed E-state index contributed by atoms with van der Waals surface area (Å²) in [4.78, 5) is 8.59. The molecule has 0 radical (unpaired) electrons. The van der Waals surface area contributed by atoms with Gasteiger partial charge >= 0.3 is 0 Å². The van der Waals surface area contributed by atoms with Crippen LogP contribution in [0.1, 0.15) is 6.92 Å². The van der Waals surface area contributed by atoms with Gasteiger partial charge in [-0.15, -0.1) is 0 Å². The predicted octanol–water partition coefficient (Wildman–Crippen LogP) is 3.32. The summed E-state index contributed by atoms with van der Waals surface area (Å²) >= 11 is 5.78. The van der Waals surface area contributed by atoms with Gasteiger partial charge in [-0.05, 0) is 19.1 Å². The fraction of sp³-hybridized carbons (Fsp3) is 0.154. The summed E-state index contributed by atoms with van der Waals surface area (Å²) in [6.07, 6.45) is 1.58. The van der Waals surface area contributed by atoms with Crippen LogP contribution >= 0.6 is 11.6 Å². The Hall–Kier alpha value is -2.41. The van der Waals surface area contributed by atoms with Gasteiger partial charge in [0.1, 0.15) is 5.82 Å². The van der Waals surface area contributed by atoms with Gasteiger partial charge in [-0.3, -0.25) is 5.10 Å². The van der Waals surface area contributed by atoms with E-state index in [9.17, 15) is 4.39 Å². The molecule has 0 amide bonds. The molecule has 3 N–H and O–H groups in total. The van der Waals surface area contributed by atoms with E-state index in [0.29, 0.717) is 29.3 Å². The normalized spacial score (nSPS) is 10.8. The topological polar surface area (TPSA) is 78.5 Å². The summed E-state index contributed by atoms with van der Waals surface area (Å²) in [7, 11) is 0. The van der Waals surface area contributed by atoms with E-state index in [1.54, 1.807) is 18.3 Å². The van der Waals surface area contributed by atoms with Gasteiger partial charge in [0.2, 0.25) is 5.95 Å². The maximum absolute atomic E-state index is 14.0. The van der Waals surface area contributed by atoms with Crippen molar-refractivity contribution in [3.63, 3.8) is 0 Å². The lowest BCUT2D eigenvalue weighted by molar-refractivity contribution is 0.632. The second-order valence-corrected chi connectivity index (χ2v) is 4.69. The van der Waals surface area contributed by atoms with Crippen LogP contribution in [0.2, 0.25) is 5.02 Å². The summed E-state index contributed by atoms with van der Waals surface area (Å²) < 4.78 is 14.0. The van der Waals surface area contributed by atoms with Gasteiger partial charge in [-0.25, -0.2) is 4.39 Å². The molecule has 0 saturated heterocycles. The van der Waals surface area contributed by atoms with E-state index in [1.807, 2.05) is 6.92 Å². The van der Waals surface area contributed by atoms with Crippen LogP contribution in [-0.4, -0.2) is 26.7 Å². The standard InChI is InChI=1S/C13H12ClFN6/c1-2-16-13-19-11(7-6-17-21-12(7)20-13)18-9-5-3-4-8(14)10(9)15/h3-6H,2H2,1H3,(H3,16,17,18,19,20,21). The van der Waals surface area contributed by atoms with Gasteiger partial charge in [0.05, 0.1) is 22.3 Å². The van der Waals surface area contributed by atoms with E-state index in [1.165, 1.54) is 6.07 Å². The van der Waals surface area contributed by atoms with E-state index >= 15 is 0 Å². The van der Waals surface area contributed by atoms with Crippen molar-refractivity contribution in [3.8, 4) is 0 Å². The van der Waals surface area contributed by atoms with Crippen molar-refractivity contribution in [2.75, 3.05) is 17.2 Å². The molecule has 3 rings (SSSR count). The molecule has 3 aromatic rings. The minimum atomic E-state index is -0.528. The lowest BCUT2D eigenvalue weighted by Gasteiger charge is -2.10. The van der Waals surface area contributed by atoms with Crippen LogP contribution in [0.4, 0.5) is 21.8 Å². The summed E-state index contributed by atoms with van der Waals surface area (Å²) in [5, 5.41) is 13.4. The van der Waals surface area contributed by atoms with Crippen LogP contribution < -0.4 is 10.6 Å². The molecule has 2 heterocycles. The minimum Gasteiger partial charge on any atom is -0.354 e. The Bertz CT molecular complexity index is 787. The van der Waals surface area contributed by atoms with Gasteiger partial charge in [0.25, 0.3) is 0 Å². The number of hydrogen-bond donors (Lipinski definition) is 3. The molecule has 0 spiro atoms. The third-order valence-corrected chi connectivity index (χ3v) is 3.14. The second kappa shape index (κ2) is 5.53.